The summed E-state index contributed by atoms with van der Waals surface area (Å²) in [6.45, 7) is 0. The highest BCUT2D eigenvalue weighted by molar-refractivity contribution is 5.99. The Balaban J connectivity index is 1.68. The summed E-state index contributed by atoms with van der Waals surface area (Å²) in [4.78, 5) is 20.9. The summed E-state index contributed by atoms with van der Waals surface area (Å²) in [6.07, 6.45) is 5.25. The molecule has 26 heavy (non-hydrogen) atoms. The molecular weight excluding hydrogens is 328 g/mol. The lowest BCUT2D eigenvalue weighted by Crippen LogP contribution is -2.19. The Bertz CT molecular complexity index is 1060. The van der Waals surface area contributed by atoms with Crippen LogP contribution in [0.15, 0.2) is 67.1 Å². The molecule has 1 aromatic carbocycles. The monoisotopic (exact) mass is 344 g/mol. The summed E-state index contributed by atoms with van der Waals surface area (Å²) in [6, 6.07) is 15.0. The maximum absolute atomic E-state index is 12.0. The Morgan fingerprint density at radius 2 is 1.96 bits per heavy atom. The predicted molar refractivity (Wildman–Crippen MR) is 99.3 cm³/mol. The zero-order chi connectivity index (χ0) is 17.9. The van der Waals surface area contributed by atoms with Crippen LogP contribution in [0, 0.1) is 0 Å². The summed E-state index contributed by atoms with van der Waals surface area (Å²) < 4.78 is 1.73. The molecule has 0 bridgehead atoms. The molecule has 0 fully saturated rings. The van der Waals surface area contributed by atoms with Crippen molar-refractivity contribution in [1.82, 2.24) is 24.9 Å². The minimum atomic E-state index is -0.192. The molecule has 0 saturated heterocycles. The number of aromatic nitrogens is 4. The number of nitrogens with zero attached hydrogens (tertiary/aromatic N) is 4. The molecule has 0 spiro atoms. The van der Waals surface area contributed by atoms with Crippen molar-refractivity contribution in [3.05, 3.63) is 72.7 Å². The first-order valence-electron chi connectivity index (χ1n) is 8.09. The fourth-order valence-electron chi connectivity index (χ4n) is 2.69. The molecule has 0 aliphatic rings. The number of carbonyl (C=O) groups is 1. The van der Waals surface area contributed by atoms with E-state index in [1.165, 1.54) is 0 Å². The third kappa shape index (κ3) is 2.98. The summed E-state index contributed by atoms with van der Waals surface area (Å²) in [5, 5.41) is 10.1. The van der Waals surface area contributed by atoms with Gasteiger partial charge in [0.15, 0.2) is 5.65 Å². The van der Waals surface area contributed by atoms with Crippen LogP contribution in [-0.2, 0) is 0 Å². The first-order valence-corrected chi connectivity index (χ1v) is 8.09. The van der Waals surface area contributed by atoms with Gasteiger partial charge in [0.1, 0.15) is 5.82 Å². The minimum absolute atomic E-state index is 0.192. The predicted octanol–water partition coefficient (Wildman–Crippen LogP) is 2.89. The molecule has 3 heterocycles. The Morgan fingerprint density at radius 1 is 1.08 bits per heavy atom. The molecule has 128 valence electrons. The fraction of sp³-hybridized carbons (Fsp3) is 0.0526. The standard InChI is InChI=1S/C19H16N6O/c1-20-19(26)15-7-3-9-21-18(15)23-14-6-2-5-13(11-14)16-12-25-17(24-16)8-4-10-22-25/h2-12H,1H3,(H,20,26)(H,21,23). The highest BCUT2D eigenvalue weighted by atomic mass is 16.1. The lowest BCUT2D eigenvalue weighted by molar-refractivity contribution is 0.0963. The highest BCUT2D eigenvalue weighted by Crippen LogP contribution is 2.25. The number of benzene rings is 1. The molecule has 3 aromatic heterocycles. The minimum Gasteiger partial charge on any atom is -0.355 e. The van der Waals surface area contributed by atoms with Crippen molar-refractivity contribution in [3.63, 3.8) is 0 Å². The van der Waals surface area contributed by atoms with E-state index >= 15 is 0 Å². The van der Waals surface area contributed by atoms with E-state index < -0.39 is 0 Å². The van der Waals surface area contributed by atoms with Crippen LogP contribution in [0.1, 0.15) is 10.4 Å². The number of fused-ring (bicyclic) bond motifs is 1. The number of pyridine rings is 1. The number of carbonyl (C=O) groups excluding carboxylic acids is 1. The van der Waals surface area contributed by atoms with Crippen molar-refractivity contribution >= 4 is 23.1 Å². The van der Waals surface area contributed by atoms with Gasteiger partial charge in [0, 0.05) is 30.7 Å². The molecule has 4 rings (SSSR count). The molecule has 0 aliphatic carbocycles. The molecular formula is C19H16N6O. The second-order valence-electron chi connectivity index (χ2n) is 5.64. The number of anilines is 2. The molecule has 0 aliphatic heterocycles. The van der Waals surface area contributed by atoms with E-state index in [-0.39, 0.29) is 5.91 Å². The summed E-state index contributed by atoms with van der Waals surface area (Å²) in [5.74, 6) is 0.309. The molecule has 1 amide bonds. The lowest BCUT2D eigenvalue weighted by Gasteiger charge is -2.10. The zero-order valence-corrected chi connectivity index (χ0v) is 14.0. The van der Waals surface area contributed by atoms with Crippen molar-refractivity contribution in [2.75, 3.05) is 12.4 Å². The van der Waals surface area contributed by atoms with Crippen LogP contribution in [0.2, 0.25) is 0 Å². The second-order valence-corrected chi connectivity index (χ2v) is 5.64. The van der Waals surface area contributed by atoms with E-state index in [9.17, 15) is 4.79 Å². The third-order valence-electron chi connectivity index (χ3n) is 3.94. The van der Waals surface area contributed by atoms with Gasteiger partial charge in [-0.15, -0.1) is 0 Å². The number of hydrogen-bond donors (Lipinski definition) is 2. The van der Waals surface area contributed by atoms with Gasteiger partial charge in [-0.05, 0) is 36.4 Å². The molecule has 0 radical (unpaired) electrons. The van der Waals surface area contributed by atoms with Crippen molar-refractivity contribution < 1.29 is 4.79 Å². The Morgan fingerprint density at radius 3 is 2.81 bits per heavy atom. The van der Waals surface area contributed by atoms with E-state index in [1.807, 2.05) is 42.6 Å². The van der Waals surface area contributed by atoms with Gasteiger partial charge in [-0.2, -0.15) is 5.10 Å². The van der Waals surface area contributed by atoms with Gasteiger partial charge in [-0.1, -0.05) is 12.1 Å². The summed E-state index contributed by atoms with van der Waals surface area (Å²) in [5.41, 5.74) is 3.85. The Labute approximate surface area is 149 Å². The largest absolute Gasteiger partial charge is 0.355 e. The fourth-order valence-corrected chi connectivity index (χ4v) is 2.69. The smallest absolute Gasteiger partial charge is 0.254 e. The molecule has 0 atom stereocenters. The molecule has 7 heteroatoms. The average molecular weight is 344 g/mol. The van der Waals surface area contributed by atoms with Crippen molar-refractivity contribution in [1.29, 1.82) is 0 Å². The number of imidazole rings is 1. The summed E-state index contributed by atoms with van der Waals surface area (Å²) >= 11 is 0. The lowest BCUT2D eigenvalue weighted by atomic mass is 10.1. The van der Waals surface area contributed by atoms with Crippen LogP contribution in [0.4, 0.5) is 11.5 Å². The molecule has 0 saturated carbocycles. The van der Waals surface area contributed by atoms with Crippen LogP contribution < -0.4 is 10.6 Å². The second kappa shape index (κ2) is 6.64. The molecule has 4 aromatic rings. The van der Waals surface area contributed by atoms with Gasteiger partial charge in [0.25, 0.3) is 5.91 Å². The first kappa shape index (κ1) is 15.8. The van der Waals surface area contributed by atoms with Gasteiger partial charge in [-0.3, -0.25) is 4.79 Å². The molecule has 2 N–H and O–H groups in total. The SMILES string of the molecule is CNC(=O)c1cccnc1Nc1cccc(-c2cn3ncccc3n2)c1. The maximum Gasteiger partial charge on any atom is 0.254 e. The van der Waals surface area contributed by atoms with Crippen molar-refractivity contribution in [2.45, 2.75) is 0 Å². The van der Waals surface area contributed by atoms with E-state index in [4.69, 9.17) is 0 Å². The quantitative estimate of drug-likeness (QED) is 0.595. The van der Waals surface area contributed by atoms with Gasteiger partial charge in [-0.25, -0.2) is 14.5 Å². The van der Waals surface area contributed by atoms with E-state index in [1.54, 1.807) is 36.1 Å². The van der Waals surface area contributed by atoms with Crippen molar-refractivity contribution in [3.8, 4) is 11.3 Å². The van der Waals surface area contributed by atoms with E-state index in [0.29, 0.717) is 11.4 Å². The average Bonchev–Trinajstić information content (AvgIpc) is 3.12. The van der Waals surface area contributed by atoms with Crippen LogP contribution in [0.5, 0.6) is 0 Å². The number of hydrogen-bond acceptors (Lipinski definition) is 5. The van der Waals surface area contributed by atoms with Gasteiger partial charge in [0.2, 0.25) is 0 Å². The Hall–Kier alpha value is -3.74. The van der Waals surface area contributed by atoms with Crippen LogP contribution >= 0.6 is 0 Å². The van der Waals surface area contributed by atoms with Crippen molar-refractivity contribution in [2.24, 2.45) is 0 Å². The van der Waals surface area contributed by atoms with Gasteiger partial charge in [0.05, 0.1) is 17.5 Å². The zero-order valence-electron chi connectivity index (χ0n) is 14.0. The van der Waals surface area contributed by atoms with E-state index in [2.05, 4.69) is 25.7 Å². The number of nitrogens with one attached hydrogen (secondary N) is 2. The summed E-state index contributed by atoms with van der Waals surface area (Å²) in [7, 11) is 1.59. The molecule has 7 nitrogen and oxygen atoms in total. The maximum atomic E-state index is 12.0. The normalized spacial score (nSPS) is 10.7. The highest BCUT2D eigenvalue weighted by Gasteiger charge is 2.11. The Kier molecular flexibility index (Phi) is 4.03. The van der Waals surface area contributed by atoms with E-state index in [0.717, 1.165) is 22.6 Å². The van der Waals surface area contributed by atoms with Crippen LogP contribution in [0.3, 0.4) is 0 Å². The first-order chi connectivity index (χ1) is 12.7. The van der Waals surface area contributed by atoms with Gasteiger partial charge >= 0.3 is 0 Å². The van der Waals surface area contributed by atoms with Crippen LogP contribution in [0.25, 0.3) is 16.9 Å². The number of amides is 1. The van der Waals surface area contributed by atoms with Gasteiger partial charge < -0.3 is 10.6 Å². The third-order valence-corrected chi connectivity index (χ3v) is 3.94. The van der Waals surface area contributed by atoms with Crippen LogP contribution in [-0.4, -0.2) is 32.5 Å². The molecule has 0 unspecified atom stereocenters. The number of rotatable bonds is 4. The topological polar surface area (TPSA) is 84.2 Å².